The highest BCUT2D eigenvalue weighted by Crippen LogP contribution is 2.10. The largest absolute Gasteiger partial charge is 0.255 e. The zero-order valence-electron chi connectivity index (χ0n) is 10.3. The van der Waals surface area contributed by atoms with Gasteiger partial charge in [0.25, 0.3) is 0 Å². The molecule has 0 N–H and O–H groups in total. The van der Waals surface area contributed by atoms with Gasteiger partial charge >= 0.3 is 0 Å². The molecule has 0 radical (unpaired) electrons. The van der Waals surface area contributed by atoms with Gasteiger partial charge in [-0.15, -0.1) is 0 Å². The number of fused-ring (bicyclic) bond motifs is 1. The summed E-state index contributed by atoms with van der Waals surface area (Å²) in [6.07, 6.45) is 3.27. The molecule has 2 heterocycles. The number of benzene rings is 1. The first-order valence-corrected chi connectivity index (χ1v) is 5.89. The van der Waals surface area contributed by atoms with Gasteiger partial charge in [-0.25, -0.2) is 8.78 Å². The summed E-state index contributed by atoms with van der Waals surface area (Å²) in [5, 5.41) is 0. The van der Waals surface area contributed by atoms with Crippen LogP contribution in [0.15, 0.2) is 48.8 Å². The van der Waals surface area contributed by atoms with Gasteiger partial charge in [0.2, 0.25) is 0 Å². The third-order valence-electron chi connectivity index (χ3n) is 2.66. The number of hydrogen-bond donors (Lipinski definition) is 0. The van der Waals surface area contributed by atoms with Gasteiger partial charge in [-0.05, 0) is 30.3 Å². The highest BCUT2D eigenvalue weighted by molar-refractivity contribution is 5.75. The van der Waals surface area contributed by atoms with Crippen molar-refractivity contribution in [2.75, 3.05) is 0 Å². The maximum atomic E-state index is 13.0. The molecule has 96 valence electrons. The Bertz CT molecular complexity index is 827. The molecule has 3 rings (SSSR count). The number of pyridine rings is 2. The van der Waals surface area contributed by atoms with Crippen LogP contribution in [-0.4, -0.2) is 9.97 Å². The summed E-state index contributed by atoms with van der Waals surface area (Å²) < 4.78 is 26.1. The van der Waals surface area contributed by atoms with Crippen LogP contribution in [0.1, 0.15) is 11.1 Å². The maximum Gasteiger partial charge on any atom is 0.127 e. The molecule has 20 heavy (non-hydrogen) atoms. The molecular formula is C16H8F2N2. The predicted octanol–water partition coefficient (Wildman–Crippen LogP) is 3.31. The lowest BCUT2D eigenvalue weighted by molar-refractivity contribution is 0.582. The van der Waals surface area contributed by atoms with Crippen molar-refractivity contribution < 1.29 is 8.78 Å². The molecular weight excluding hydrogens is 258 g/mol. The Hall–Kier alpha value is -2.80. The van der Waals surface area contributed by atoms with Crippen molar-refractivity contribution in [3.63, 3.8) is 0 Å². The fraction of sp³-hybridized carbons (Fsp3) is 0. The average molecular weight is 266 g/mol. The molecule has 4 heteroatoms. The van der Waals surface area contributed by atoms with Gasteiger partial charge in [-0.3, -0.25) is 9.97 Å². The Labute approximate surface area is 114 Å². The van der Waals surface area contributed by atoms with Gasteiger partial charge in [-0.2, -0.15) is 0 Å². The summed E-state index contributed by atoms with van der Waals surface area (Å²) in [5.74, 6) is 4.24. The summed E-state index contributed by atoms with van der Waals surface area (Å²) in [7, 11) is 0. The van der Waals surface area contributed by atoms with Gasteiger partial charge in [-0.1, -0.05) is 11.8 Å². The second-order valence-corrected chi connectivity index (χ2v) is 4.17. The van der Waals surface area contributed by atoms with Gasteiger partial charge in [0.1, 0.15) is 11.6 Å². The van der Waals surface area contributed by atoms with Crippen molar-refractivity contribution in [1.82, 2.24) is 9.97 Å². The highest BCUT2D eigenvalue weighted by Gasteiger charge is 1.98. The Morgan fingerprint density at radius 3 is 2.35 bits per heavy atom. The summed E-state index contributed by atoms with van der Waals surface area (Å²) in [5.41, 5.74) is 2.42. The van der Waals surface area contributed by atoms with E-state index in [2.05, 4.69) is 21.8 Å². The summed E-state index contributed by atoms with van der Waals surface area (Å²) in [6, 6.07) is 8.61. The Kier molecular flexibility index (Phi) is 3.10. The number of halogens is 2. The topological polar surface area (TPSA) is 25.8 Å². The van der Waals surface area contributed by atoms with E-state index in [1.807, 2.05) is 6.07 Å². The molecule has 0 atom stereocenters. The monoisotopic (exact) mass is 266 g/mol. The fourth-order valence-electron chi connectivity index (χ4n) is 1.79. The van der Waals surface area contributed by atoms with E-state index in [-0.39, 0.29) is 5.56 Å². The second kappa shape index (κ2) is 5.06. The van der Waals surface area contributed by atoms with Crippen molar-refractivity contribution in [2.45, 2.75) is 0 Å². The smallest absolute Gasteiger partial charge is 0.127 e. The first kappa shape index (κ1) is 12.2. The fourth-order valence-corrected chi connectivity index (χ4v) is 1.79. The molecule has 2 nitrogen and oxygen atoms in total. The van der Waals surface area contributed by atoms with Crippen molar-refractivity contribution in [3.8, 4) is 11.8 Å². The molecule has 0 spiro atoms. The van der Waals surface area contributed by atoms with Crippen LogP contribution in [0.25, 0.3) is 11.0 Å². The van der Waals surface area contributed by atoms with E-state index < -0.39 is 11.6 Å². The molecule has 0 amide bonds. The summed E-state index contributed by atoms with van der Waals surface area (Å²) in [6.45, 7) is 0. The van der Waals surface area contributed by atoms with Gasteiger partial charge in [0.05, 0.1) is 11.0 Å². The van der Waals surface area contributed by atoms with E-state index in [0.717, 1.165) is 17.1 Å². The number of rotatable bonds is 0. The van der Waals surface area contributed by atoms with Crippen molar-refractivity contribution >= 4 is 11.0 Å². The minimum absolute atomic E-state index is 0.281. The number of nitrogens with zero attached hydrogens (tertiary/aromatic N) is 2. The van der Waals surface area contributed by atoms with Crippen LogP contribution in [0, 0.1) is 23.5 Å². The van der Waals surface area contributed by atoms with E-state index in [0.29, 0.717) is 5.56 Å². The lowest BCUT2D eigenvalue weighted by Crippen LogP contribution is -1.85. The average Bonchev–Trinajstić information content (AvgIpc) is 2.44. The van der Waals surface area contributed by atoms with Gasteiger partial charge in [0, 0.05) is 29.6 Å². The molecule has 0 aliphatic heterocycles. The highest BCUT2D eigenvalue weighted by atomic mass is 19.1. The Morgan fingerprint density at radius 2 is 1.55 bits per heavy atom. The van der Waals surface area contributed by atoms with Crippen molar-refractivity contribution in [1.29, 1.82) is 0 Å². The number of aromatic nitrogens is 2. The Balaban J connectivity index is 1.99. The summed E-state index contributed by atoms with van der Waals surface area (Å²) >= 11 is 0. The number of hydrogen-bond acceptors (Lipinski definition) is 2. The van der Waals surface area contributed by atoms with Crippen LogP contribution < -0.4 is 0 Å². The zero-order valence-corrected chi connectivity index (χ0v) is 10.3. The normalized spacial score (nSPS) is 10.1. The first-order chi connectivity index (χ1) is 9.70. The molecule has 0 fully saturated rings. The van der Waals surface area contributed by atoms with Crippen LogP contribution >= 0.6 is 0 Å². The van der Waals surface area contributed by atoms with E-state index in [1.165, 1.54) is 12.1 Å². The molecule has 3 aromatic rings. The third kappa shape index (κ3) is 2.62. The first-order valence-electron chi connectivity index (χ1n) is 5.89. The van der Waals surface area contributed by atoms with Crippen LogP contribution in [0.4, 0.5) is 8.78 Å². The standard InChI is InChI=1S/C16H8F2N2/c17-13-6-11(7-14(18)9-13)3-4-12-8-16-15(20-10-12)2-1-5-19-16/h1-2,5-10H. The maximum absolute atomic E-state index is 13.0. The molecule has 0 aliphatic carbocycles. The lowest BCUT2D eigenvalue weighted by Gasteiger charge is -1.96. The van der Waals surface area contributed by atoms with Crippen LogP contribution in [0.3, 0.4) is 0 Å². The molecule has 0 bridgehead atoms. The van der Waals surface area contributed by atoms with E-state index in [9.17, 15) is 8.78 Å². The summed E-state index contributed by atoms with van der Waals surface area (Å²) in [4.78, 5) is 8.39. The predicted molar refractivity (Wildman–Crippen MR) is 71.9 cm³/mol. The molecule has 0 unspecified atom stereocenters. The van der Waals surface area contributed by atoms with Crippen molar-refractivity contribution in [2.24, 2.45) is 0 Å². The molecule has 0 aliphatic rings. The second-order valence-electron chi connectivity index (χ2n) is 4.17. The van der Waals surface area contributed by atoms with Gasteiger partial charge < -0.3 is 0 Å². The zero-order chi connectivity index (χ0) is 13.9. The van der Waals surface area contributed by atoms with E-state index in [4.69, 9.17) is 0 Å². The SMILES string of the molecule is Fc1cc(F)cc(C#Cc2cnc3cccnc3c2)c1. The van der Waals surface area contributed by atoms with Gasteiger partial charge in [0.15, 0.2) is 0 Å². The molecule has 2 aromatic heterocycles. The third-order valence-corrected chi connectivity index (χ3v) is 2.66. The quantitative estimate of drug-likeness (QED) is 0.583. The van der Waals surface area contributed by atoms with Crippen molar-refractivity contribution in [3.05, 3.63) is 71.6 Å². The molecule has 0 saturated carbocycles. The van der Waals surface area contributed by atoms with Crippen LogP contribution in [-0.2, 0) is 0 Å². The van der Waals surface area contributed by atoms with E-state index >= 15 is 0 Å². The van der Waals surface area contributed by atoms with Crippen LogP contribution in [0.5, 0.6) is 0 Å². The van der Waals surface area contributed by atoms with Crippen LogP contribution in [0.2, 0.25) is 0 Å². The van der Waals surface area contributed by atoms with E-state index in [1.54, 1.807) is 24.5 Å². The Morgan fingerprint density at radius 1 is 0.800 bits per heavy atom. The molecule has 1 aromatic carbocycles. The minimum Gasteiger partial charge on any atom is -0.255 e. The lowest BCUT2D eigenvalue weighted by atomic mass is 10.2. The molecule has 0 saturated heterocycles. The minimum atomic E-state index is -0.646.